The molecule has 2 aromatic rings. The van der Waals surface area contributed by atoms with Gasteiger partial charge >= 0.3 is 6.03 Å². The van der Waals surface area contributed by atoms with Crippen LogP contribution in [-0.4, -0.2) is 79.2 Å². The standard InChI is InChI=1S/C26H33N3O4/c1-32-19-18-28-24(30)26(29(25(28)31)15-12-21-6-4-3-5-7-21)13-16-27(17-14-26)20-22-8-10-23(33-2)11-9-22/h3-11H,12-20H2,1-2H3. The van der Waals surface area contributed by atoms with Crippen LogP contribution in [0.5, 0.6) is 5.75 Å². The fourth-order valence-corrected chi connectivity index (χ4v) is 4.91. The van der Waals surface area contributed by atoms with Crippen LogP contribution in [0.15, 0.2) is 54.6 Å². The van der Waals surface area contributed by atoms with Crippen LogP contribution in [0, 0.1) is 0 Å². The van der Waals surface area contributed by atoms with Crippen molar-refractivity contribution in [1.29, 1.82) is 0 Å². The fraction of sp³-hybridized carbons (Fsp3) is 0.462. The number of methoxy groups -OCH3 is 2. The number of likely N-dealkylation sites (tertiary alicyclic amines) is 1. The molecule has 4 rings (SSSR count). The molecule has 7 nitrogen and oxygen atoms in total. The van der Waals surface area contributed by atoms with Crippen molar-refractivity contribution in [2.24, 2.45) is 0 Å². The minimum Gasteiger partial charge on any atom is -0.497 e. The summed E-state index contributed by atoms with van der Waals surface area (Å²) in [7, 11) is 3.25. The number of rotatable bonds is 9. The number of hydrogen-bond donors (Lipinski definition) is 0. The predicted molar refractivity (Wildman–Crippen MR) is 126 cm³/mol. The van der Waals surface area contributed by atoms with Crippen molar-refractivity contribution >= 4 is 11.9 Å². The van der Waals surface area contributed by atoms with Gasteiger partial charge in [0.2, 0.25) is 0 Å². The van der Waals surface area contributed by atoms with Crippen molar-refractivity contribution in [2.45, 2.75) is 31.3 Å². The van der Waals surface area contributed by atoms with E-state index in [1.54, 1.807) is 14.2 Å². The molecule has 0 saturated carbocycles. The molecule has 0 unspecified atom stereocenters. The van der Waals surface area contributed by atoms with Gasteiger partial charge in [-0.15, -0.1) is 0 Å². The van der Waals surface area contributed by atoms with Crippen LogP contribution in [0.4, 0.5) is 4.79 Å². The Kier molecular flexibility index (Phi) is 7.30. The molecule has 2 aliphatic heterocycles. The van der Waals surface area contributed by atoms with Gasteiger partial charge in [0.15, 0.2) is 0 Å². The van der Waals surface area contributed by atoms with E-state index in [0.717, 1.165) is 31.8 Å². The molecular formula is C26H33N3O4. The number of carbonyl (C=O) groups is 2. The van der Waals surface area contributed by atoms with E-state index in [9.17, 15) is 9.59 Å². The van der Waals surface area contributed by atoms with Gasteiger partial charge < -0.3 is 14.4 Å². The Bertz CT molecular complexity index is 940. The second kappa shape index (κ2) is 10.4. The highest BCUT2D eigenvalue weighted by Crippen LogP contribution is 2.37. The summed E-state index contributed by atoms with van der Waals surface area (Å²) < 4.78 is 10.4. The van der Waals surface area contributed by atoms with Crippen molar-refractivity contribution in [3.8, 4) is 5.75 Å². The SMILES string of the molecule is COCCN1C(=O)N(CCc2ccccc2)C2(CCN(Cc3ccc(OC)cc3)CC2)C1=O. The molecule has 7 heteroatoms. The number of ether oxygens (including phenoxy) is 2. The van der Waals surface area contributed by atoms with E-state index in [4.69, 9.17) is 9.47 Å². The second-order valence-corrected chi connectivity index (χ2v) is 8.78. The first-order valence-corrected chi connectivity index (χ1v) is 11.6. The molecule has 0 bridgehead atoms. The van der Waals surface area contributed by atoms with Gasteiger partial charge in [-0.1, -0.05) is 42.5 Å². The number of carbonyl (C=O) groups excluding carboxylic acids is 2. The van der Waals surface area contributed by atoms with E-state index < -0.39 is 5.54 Å². The van der Waals surface area contributed by atoms with E-state index in [1.165, 1.54) is 16.0 Å². The van der Waals surface area contributed by atoms with Crippen molar-refractivity contribution < 1.29 is 19.1 Å². The molecule has 0 N–H and O–H groups in total. The first kappa shape index (κ1) is 23.3. The highest BCUT2D eigenvalue weighted by atomic mass is 16.5. The van der Waals surface area contributed by atoms with E-state index in [1.807, 2.05) is 35.2 Å². The topological polar surface area (TPSA) is 62.3 Å². The molecule has 2 aliphatic rings. The molecule has 0 aliphatic carbocycles. The summed E-state index contributed by atoms with van der Waals surface area (Å²) in [6.45, 7) is 3.54. The molecule has 2 fully saturated rings. The van der Waals surface area contributed by atoms with Crippen molar-refractivity contribution in [3.05, 3.63) is 65.7 Å². The van der Waals surface area contributed by atoms with E-state index in [0.29, 0.717) is 32.5 Å². The molecule has 1 spiro atoms. The van der Waals surface area contributed by atoms with Gasteiger partial charge in [0, 0.05) is 33.3 Å². The summed E-state index contributed by atoms with van der Waals surface area (Å²) in [4.78, 5) is 32.4. The average molecular weight is 452 g/mol. The maximum atomic E-state index is 13.5. The molecule has 2 heterocycles. The molecule has 3 amide bonds. The Hall–Kier alpha value is -2.90. The zero-order valence-corrected chi connectivity index (χ0v) is 19.5. The molecule has 176 valence electrons. The lowest BCUT2D eigenvalue weighted by atomic mass is 9.85. The molecule has 2 saturated heterocycles. The molecule has 0 aromatic heterocycles. The number of nitrogens with zero attached hydrogens (tertiary/aromatic N) is 3. The Balaban J connectivity index is 1.47. The normalized spacial score (nSPS) is 18.4. The summed E-state index contributed by atoms with van der Waals surface area (Å²) in [6, 6.07) is 18.0. The summed E-state index contributed by atoms with van der Waals surface area (Å²) >= 11 is 0. The lowest BCUT2D eigenvalue weighted by Crippen LogP contribution is -2.56. The second-order valence-electron chi connectivity index (χ2n) is 8.78. The van der Waals surface area contributed by atoms with Crippen molar-refractivity contribution in [3.63, 3.8) is 0 Å². The van der Waals surface area contributed by atoms with Gasteiger partial charge in [0.1, 0.15) is 11.3 Å². The minimum atomic E-state index is -0.754. The van der Waals surface area contributed by atoms with Gasteiger partial charge in [-0.2, -0.15) is 0 Å². The van der Waals surface area contributed by atoms with E-state index >= 15 is 0 Å². The Morgan fingerprint density at radius 1 is 0.879 bits per heavy atom. The van der Waals surface area contributed by atoms with Crippen LogP contribution in [-0.2, 0) is 22.5 Å². The van der Waals surface area contributed by atoms with E-state index in [-0.39, 0.29) is 11.9 Å². The van der Waals surface area contributed by atoms with Gasteiger partial charge in [-0.3, -0.25) is 14.6 Å². The van der Waals surface area contributed by atoms with Gasteiger partial charge in [-0.05, 0) is 42.5 Å². The Morgan fingerprint density at radius 2 is 1.58 bits per heavy atom. The molecule has 33 heavy (non-hydrogen) atoms. The Labute approximate surface area is 195 Å². The van der Waals surface area contributed by atoms with Crippen molar-refractivity contribution in [1.82, 2.24) is 14.7 Å². The lowest BCUT2D eigenvalue weighted by Gasteiger charge is -2.42. The summed E-state index contributed by atoms with van der Waals surface area (Å²) in [5.74, 6) is 0.776. The van der Waals surface area contributed by atoms with Crippen LogP contribution >= 0.6 is 0 Å². The predicted octanol–water partition coefficient (Wildman–Crippen LogP) is 3.18. The summed E-state index contributed by atoms with van der Waals surface area (Å²) in [6.07, 6.45) is 2.02. The summed E-state index contributed by atoms with van der Waals surface area (Å²) in [5, 5.41) is 0. The molecule has 2 aromatic carbocycles. The average Bonchev–Trinajstić information content (AvgIpc) is 3.04. The highest BCUT2D eigenvalue weighted by molar-refractivity contribution is 6.07. The largest absolute Gasteiger partial charge is 0.497 e. The number of hydrogen-bond acceptors (Lipinski definition) is 5. The van der Waals surface area contributed by atoms with Crippen LogP contribution < -0.4 is 4.74 Å². The third kappa shape index (κ3) is 4.89. The van der Waals surface area contributed by atoms with Gasteiger partial charge in [0.25, 0.3) is 5.91 Å². The number of benzene rings is 2. The fourth-order valence-electron chi connectivity index (χ4n) is 4.91. The zero-order chi connectivity index (χ0) is 23.3. The van der Waals surface area contributed by atoms with E-state index in [2.05, 4.69) is 29.2 Å². The maximum absolute atomic E-state index is 13.5. The summed E-state index contributed by atoms with van der Waals surface area (Å²) in [5.41, 5.74) is 1.62. The molecule has 0 radical (unpaired) electrons. The van der Waals surface area contributed by atoms with Crippen LogP contribution in [0.1, 0.15) is 24.0 Å². The molecular weight excluding hydrogens is 418 g/mol. The smallest absolute Gasteiger partial charge is 0.327 e. The van der Waals surface area contributed by atoms with Gasteiger partial charge in [-0.25, -0.2) is 4.79 Å². The maximum Gasteiger partial charge on any atom is 0.327 e. The first-order chi connectivity index (χ1) is 16.1. The lowest BCUT2D eigenvalue weighted by molar-refractivity contribution is -0.136. The molecule has 0 atom stereocenters. The quantitative estimate of drug-likeness (QED) is 0.548. The number of amides is 3. The van der Waals surface area contributed by atoms with Gasteiger partial charge in [0.05, 0.1) is 20.3 Å². The zero-order valence-electron chi connectivity index (χ0n) is 19.5. The van der Waals surface area contributed by atoms with Crippen LogP contribution in [0.2, 0.25) is 0 Å². The number of urea groups is 1. The third-order valence-corrected chi connectivity index (χ3v) is 6.86. The van der Waals surface area contributed by atoms with Crippen molar-refractivity contribution in [2.75, 3.05) is 47.0 Å². The number of imide groups is 1. The minimum absolute atomic E-state index is 0.0679. The Morgan fingerprint density at radius 3 is 2.21 bits per heavy atom. The third-order valence-electron chi connectivity index (χ3n) is 6.86. The number of piperidine rings is 1. The first-order valence-electron chi connectivity index (χ1n) is 11.6. The monoisotopic (exact) mass is 451 g/mol. The highest BCUT2D eigenvalue weighted by Gasteiger charge is 2.57. The van der Waals surface area contributed by atoms with Crippen LogP contribution in [0.25, 0.3) is 0 Å². The van der Waals surface area contributed by atoms with Crippen LogP contribution in [0.3, 0.4) is 0 Å².